The van der Waals surface area contributed by atoms with Gasteiger partial charge in [-0.3, -0.25) is 4.79 Å². The summed E-state index contributed by atoms with van der Waals surface area (Å²) in [5.74, 6) is -0.150. The first-order valence-corrected chi connectivity index (χ1v) is 4.08. The topological polar surface area (TPSA) is 55.8 Å². The summed E-state index contributed by atoms with van der Waals surface area (Å²) in [4.78, 5) is 11.6. The number of hydrogen-bond acceptors (Lipinski definition) is 4. The van der Waals surface area contributed by atoms with Crippen LogP contribution in [0.4, 0.5) is 0 Å². The SMILES string of the molecule is COC(OC)C(=O)c1ccc(O)cc1. The van der Waals surface area contributed by atoms with Crippen molar-refractivity contribution < 1.29 is 19.4 Å². The van der Waals surface area contributed by atoms with E-state index in [1.807, 2.05) is 0 Å². The lowest BCUT2D eigenvalue weighted by Gasteiger charge is -2.11. The Kier molecular flexibility index (Phi) is 3.62. The first-order chi connectivity index (χ1) is 6.69. The third-order valence-electron chi connectivity index (χ3n) is 1.79. The molecule has 1 N–H and O–H groups in total. The van der Waals surface area contributed by atoms with Crippen LogP contribution in [-0.2, 0) is 9.47 Å². The summed E-state index contributed by atoms with van der Waals surface area (Å²) in [5, 5.41) is 9.02. The summed E-state index contributed by atoms with van der Waals surface area (Å²) in [6.07, 6.45) is -0.889. The largest absolute Gasteiger partial charge is 0.508 e. The molecule has 4 nitrogen and oxygen atoms in total. The van der Waals surface area contributed by atoms with Gasteiger partial charge in [0.1, 0.15) is 5.75 Å². The van der Waals surface area contributed by atoms with Crippen molar-refractivity contribution >= 4 is 5.78 Å². The first-order valence-electron chi connectivity index (χ1n) is 4.08. The van der Waals surface area contributed by atoms with Gasteiger partial charge in [0.2, 0.25) is 12.1 Å². The number of phenolic OH excluding ortho intramolecular Hbond substituents is 1. The highest BCUT2D eigenvalue weighted by Gasteiger charge is 2.18. The molecular weight excluding hydrogens is 184 g/mol. The van der Waals surface area contributed by atoms with E-state index in [-0.39, 0.29) is 11.5 Å². The smallest absolute Gasteiger partial charge is 0.222 e. The van der Waals surface area contributed by atoms with Crippen molar-refractivity contribution in [3.05, 3.63) is 29.8 Å². The number of aromatic hydroxyl groups is 1. The zero-order valence-electron chi connectivity index (χ0n) is 8.06. The van der Waals surface area contributed by atoms with E-state index in [9.17, 15) is 4.79 Å². The van der Waals surface area contributed by atoms with E-state index in [0.29, 0.717) is 5.56 Å². The lowest BCUT2D eigenvalue weighted by Crippen LogP contribution is -2.24. The molecule has 14 heavy (non-hydrogen) atoms. The van der Waals surface area contributed by atoms with Crippen LogP contribution in [0.3, 0.4) is 0 Å². The Morgan fingerprint density at radius 2 is 1.71 bits per heavy atom. The van der Waals surface area contributed by atoms with Gasteiger partial charge in [0.25, 0.3) is 0 Å². The minimum atomic E-state index is -0.889. The fourth-order valence-corrected chi connectivity index (χ4v) is 1.07. The average Bonchev–Trinajstić information content (AvgIpc) is 2.20. The van der Waals surface area contributed by atoms with Crippen molar-refractivity contribution in [3.8, 4) is 5.75 Å². The van der Waals surface area contributed by atoms with E-state index in [2.05, 4.69) is 0 Å². The molecule has 4 heteroatoms. The highest BCUT2D eigenvalue weighted by Crippen LogP contribution is 2.12. The number of benzene rings is 1. The molecule has 0 radical (unpaired) electrons. The number of carbonyl (C=O) groups excluding carboxylic acids is 1. The zero-order chi connectivity index (χ0) is 10.6. The molecule has 1 aromatic rings. The summed E-state index contributed by atoms with van der Waals surface area (Å²) in [7, 11) is 2.79. The maximum Gasteiger partial charge on any atom is 0.222 e. The average molecular weight is 196 g/mol. The predicted octanol–water partition coefficient (Wildman–Crippen LogP) is 1.19. The molecule has 0 unspecified atom stereocenters. The molecule has 0 bridgehead atoms. The molecule has 0 heterocycles. The molecule has 0 aromatic heterocycles. The van der Waals surface area contributed by atoms with Gasteiger partial charge < -0.3 is 14.6 Å². The molecule has 0 spiro atoms. The Balaban J connectivity index is 2.83. The summed E-state index contributed by atoms with van der Waals surface area (Å²) >= 11 is 0. The van der Waals surface area contributed by atoms with Gasteiger partial charge in [-0.15, -0.1) is 0 Å². The van der Waals surface area contributed by atoms with Crippen LogP contribution in [0.25, 0.3) is 0 Å². The van der Waals surface area contributed by atoms with E-state index in [0.717, 1.165) is 0 Å². The monoisotopic (exact) mass is 196 g/mol. The fraction of sp³-hybridized carbons (Fsp3) is 0.300. The molecule has 0 fully saturated rings. The minimum absolute atomic E-state index is 0.118. The summed E-state index contributed by atoms with van der Waals surface area (Å²) < 4.78 is 9.62. The number of ketones is 1. The standard InChI is InChI=1S/C10H12O4/c1-13-10(14-2)9(12)7-3-5-8(11)6-4-7/h3-6,10-11H,1-2H3. The van der Waals surface area contributed by atoms with Crippen molar-refractivity contribution in [1.82, 2.24) is 0 Å². The van der Waals surface area contributed by atoms with E-state index in [1.165, 1.54) is 38.5 Å². The minimum Gasteiger partial charge on any atom is -0.508 e. The quantitative estimate of drug-likeness (QED) is 0.580. The number of rotatable bonds is 4. The van der Waals surface area contributed by atoms with Crippen LogP contribution in [0.1, 0.15) is 10.4 Å². The molecule has 0 saturated heterocycles. The highest BCUT2D eigenvalue weighted by molar-refractivity contribution is 5.98. The molecule has 0 aliphatic rings. The van der Waals surface area contributed by atoms with E-state index < -0.39 is 6.29 Å². The van der Waals surface area contributed by atoms with Gasteiger partial charge in [0, 0.05) is 19.8 Å². The Labute approximate surface area is 82.1 Å². The zero-order valence-corrected chi connectivity index (χ0v) is 8.06. The van der Waals surface area contributed by atoms with Gasteiger partial charge >= 0.3 is 0 Å². The second kappa shape index (κ2) is 4.74. The van der Waals surface area contributed by atoms with E-state index in [1.54, 1.807) is 0 Å². The van der Waals surface area contributed by atoms with Crippen LogP contribution in [0.15, 0.2) is 24.3 Å². The molecule has 0 saturated carbocycles. The first kappa shape index (κ1) is 10.7. The molecule has 0 aliphatic heterocycles. The Hall–Kier alpha value is -1.39. The van der Waals surface area contributed by atoms with Crippen molar-refractivity contribution in [1.29, 1.82) is 0 Å². The third-order valence-corrected chi connectivity index (χ3v) is 1.79. The number of carbonyl (C=O) groups is 1. The van der Waals surface area contributed by atoms with Gasteiger partial charge in [-0.05, 0) is 24.3 Å². The Morgan fingerprint density at radius 1 is 1.21 bits per heavy atom. The van der Waals surface area contributed by atoms with Crippen LogP contribution in [0.5, 0.6) is 5.75 Å². The van der Waals surface area contributed by atoms with Crippen molar-refractivity contribution in [2.75, 3.05) is 14.2 Å². The van der Waals surface area contributed by atoms with Gasteiger partial charge in [0.15, 0.2) is 0 Å². The highest BCUT2D eigenvalue weighted by atomic mass is 16.7. The number of phenols is 1. The number of Topliss-reactive ketones (excluding diaryl/α,β-unsaturated/α-hetero) is 1. The second-order valence-electron chi connectivity index (χ2n) is 2.71. The van der Waals surface area contributed by atoms with Crippen molar-refractivity contribution in [2.45, 2.75) is 6.29 Å². The maximum atomic E-state index is 11.6. The molecule has 0 atom stereocenters. The van der Waals surface area contributed by atoms with Crippen LogP contribution >= 0.6 is 0 Å². The van der Waals surface area contributed by atoms with Gasteiger partial charge in [0.05, 0.1) is 0 Å². The van der Waals surface area contributed by atoms with Crippen LogP contribution in [-0.4, -0.2) is 31.4 Å². The predicted molar refractivity (Wildman–Crippen MR) is 50.2 cm³/mol. The lowest BCUT2D eigenvalue weighted by molar-refractivity contribution is -0.0742. The molecule has 0 amide bonds. The summed E-state index contributed by atoms with van der Waals surface area (Å²) in [5.41, 5.74) is 0.441. The van der Waals surface area contributed by atoms with Crippen molar-refractivity contribution in [2.24, 2.45) is 0 Å². The molecule has 1 aromatic carbocycles. The van der Waals surface area contributed by atoms with Crippen LogP contribution in [0.2, 0.25) is 0 Å². The second-order valence-corrected chi connectivity index (χ2v) is 2.71. The fourth-order valence-electron chi connectivity index (χ4n) is 1.07. The maximum absolute atomic E-state index is 11.6. The van der Waals surface area contributed by atoms with Gasteiger partial charge in [-0.25, -0.2) is 0 Å². The number of hydrogen-bond donors (Lipinski definition) is 1. The molecule has 1 rings (SSSR count). The number of ether oxygens (including phenoxy) is 2. The normalized spacial score (nSPS) is 10.5. The van der Waals surface area contributed by atoms with Crippen molar-refractivity contribution in [3.63, 3.8) is 0 Å². The molecular formula is C10H12O4. The van der Waals surface area contributed by atoms with E-state index in [4.69, 9.17) is 14.6 Å². The third kappa shape index (κ3) is 2.31. The van der Waals surface area contributed by atoms with Crippen LogP contribution < -0.4 is 0 Å². The molecule has 0 aliphatic carbocycles. The lowest BCUT2D eigenvalue weighted by atomic mass is 10.1. The summed E-state index contributed by atoms with van der Waals surface area (Å²) in [6.45, 7) is 0. The van der Waals surface area contributed by atoms with Crippen LogP contribution in [0, 0.1) is 0 Å². The van der Waals surface area contributed by atoms with Gasteiger partial charge in [-0.2, -0.15) is 0 Å². The summed E-state index contributed by atoms with van der Waals surface area (Å²) in [6, 6.07) is 5.91. The number of methoxy groups -OCH3 is 2. The van der Waals surface area contributed by atoms with Gasteiger partial charge in [-0.1, -0.05) is 0 Å². The Morgan fingerprint density at radius 3 is 2.14 bits per heavy atom. The van der Waals surface area contributed by atoms with E-state index >= 15 is 0 Å². The Bertz CT molecular complexity index is 300. The molecule has 76 valence electrons.